The summed E-state index contributed by atoms with van der Waals surface area (Å²) in [6, 6.07) is 10.6. The van der Waals surface area contributed by atoms with E-state index in [4.69, 9.17) is 9.92 Å². The number of hydrogen-bond acceptors (Lipinski definition) is 4. The molecule has 0 atom stereocenters. The summed E-state index contributed by atoms with van der Waals surface area (Å²) < 4.78 is 29.4. The van der Waals surface area contributed by atoms with E-state index in [0.29, 0.717) is 5.39 Å². The molecule has 0 aliphatic rings. The Bertz CT molecular complexity index is 678. The van der Waals surface area contributed by atoms with Crippen molar-refractivity contribution in [2.75, 3.05) is 5.73 Å². The third-order valence-corrected chi connectivity index (χ3v) is 4.07. The Morgan fingerprint density at radius 2 is 1.78 bits per heavy atom. The van der Waals surface area contributed by atoms with Crippen LogP contribution in [0, 0.1) is 0 Å². The maximum absolute atomic E-state index is 12.2. The Morgan fingerprint density at radius 3 is 2.44 bits per heavy atom. The van der Waals surface area contributed by atoms with Gasteiger partial charge in [0.25, 0.3) is 10.1 Å². The molecule has 18 heavy (non-hydrogen) atoms. The lowest BCUT2D eigenvalue weighted by molar-refractivity contribution is 0.249. The first kappa shape index (κ1) is 12.9. The monoisotopic (exact) mass is 265 g/mol. The van der Waals surface area contributed by atoms with Gasteiger partial charge in [0.1, 0.15) is 4.90 Å². The third kappa shape index (κ3) is 2.32. The van der Waals surface area contributed by atoms with Crippen molar-refractivity contribution in [3.63, 3.8) is 0 Å². The van der Waals surface area contributed by atoms with Gasteiger partial charge in [0.2, 0.25) is 0 Å². The van der Waals surface area contributed by atoms with Crippen molar-refractivity contribution >= 4 is 26.6 Å². The van der Waals surface area contributed by atoms with E-state index in [2.05, 4.69) is 0 Å². The summed E-state index contributed by atoms with van der Waals surface area (Å²) in [4.78, 5) is 0.0503. The predicted molar refractivity (Wildman–Crippen MR) is 71.8 cm³/mol. The van der Waals surface area contributed by atoms with E-state index in [9.17, 15) is 8.42 Å². The molecule has 2 rings (SSSR count). The van der Waals surface area contributed by atoms with Crippen LogP contribution in [0.3, 0.4) is 0 Å². The summed E-state index contributed by atoms with van der Waals surface area (Å²) in [6.45, 7) is 3.33. The molecule has 0 amide bonds. The Balaban J connectivity index is 2.74. The van der Waals surface area contributed by atoms with Gasteiger partial charge in [-0.05, 0) is 25.3 Å². The standard InChI is InChI=1S/C13H15NO3S/c1-9(2)17-18(15,16)13-11-6-4-3-5-10(11)7-8-12(13)14/h3-9H,14H2,1-2H3. The van der Waals surface area contributed by atoms with Gasteiger partial charge in [-0.25, -0.2) is 0 Å². The number of benzene rings is 2. The summed E-state index contributed by atoms with van der Waals surface area (Å²) in [5.41, 5.74) is 5.99. The normalized spacial score (nSPS) is 12.2. The lowest BCUT2D eigenvalue weighted by Gasteiger charge is -2.12. The third-order valence-electron chi connectivity index (χ3n) is 2.48. The molecule has 0 heterocycles. The highest BCUT2D eigenvalue weighted by Crippen LogP contribution is 2.30. The van der Waals surface area contributed by atoms with E-state index in [-0.39, 0.29) is 10.6 Å². The van der Waals surface area contributed by atoms with Gasteiger partial charge in [-0.1, -0.05) is 30.3 Å². The molecule has 2 aromatic carbocycles. The zero-order chi connectivity index (χ0) is 13.3. The van der Waals surface area contributed by atoms with Crippen LogP contribution in [0.25, 0.3) is 10.8 Å². The van der Waals surface area contributed by atoms with Crippen molar-refractivity contribution in [2.45, 2.75) is 24.8 Å². The van der Waals surface area contributed by atoms with Gasteiger partial charge in [0.15, 0.2) is 0 Å². The van der Waals surface area contributed by atoms with Crippen LogP contribution in [-0.2, 0) is 14.3 Å². The molecule has 0 fully saturated rings. The van der Waals surface area contributed by atoms with Crippen molar-refractivity contribution in [3.8, 4) is 0 Å². The molecule has 5 heteroatoms. The second-order valence-electron chi connectivity index (χ2n) is 4.30. The van der Waals surface area contributed by atoms with Crippen molar-refractivity contribution in [2.24, 2.45) is 0 Å². The smallest absolute Gasteiger partial charge is 0.299 e. The number of anilines is 1. The molecular weight excluding hydrogens is 250 g/mol. The molecule has 0 aliphatic carbocycles. The summed E-state index contributed by atoms with van der Waals surface area (Å²) in [6.07, 6.45) is -0.423. The quantitative estimate of drug-likeness (QED) is 0.684. The molecule has 0 saturated carbocycles. The molecule has 0 aromatic heterocycles. The van der Waals surface area contributed by atoms with Crippen LogP contribution in [0.4, 0.5) is 5.69 Å². The van der Waals surface area contributed by atoms with E-state index in [1.807, 2.05) is 12.1 Å². The number of nitrogen functional groups attached to an aromatic ring is 1. The molecule has 0 bridgehead atoms. The highest BCUT2D eigenvalue weighted by atomic mass is 32.2. The molecule has 2 aromatic rings. The average Bonchev–Trinajstić information content (AvgIpc) is 2.26. The first-order valence-corrected chi connectivity index (χ1v) is 7.03. The van der Waals surface area contributed by atoms with E-state index < -0.39 is 16.2 Å². The van der Waals surface area contributed by atoms with Crippen molar-refractivity contribution < 1.29 is 12.6 Å². The van der Waals surface area contributed by atoms with Gasteiger partial charge in [-0.2, -0.15) is 8.42 Å². The minimum atomic E-state index is -3.84. The first-order chi connectivity index (χ1) is 8.42. The fourth-order valence-corrected chi connectivity index (χ4v) is 3.26. The van der Waals surface area contributed by atoms with Gasteiger partial charge in [-0.15, -0.1) is 0 Å². The zero-order valence-electron chi connectivity index (χ0n) is 10.3. The van der Waals surface area contributed by atoms with Crippen LogP contribution in [0.15, 0.2) is 41.3 Å². The Kier molecular flexibility index (Phi) is 3.28. The minimum absolute atomic E-state index is 0.0503. The number of hydrogen-bond donors (Lipinski definition) is 1. The summed E-state index contributed by atoms with van der Waals surface area (Å²) in [5, 5.41) is 1.40. The van der Waals surface area contributed by atoms with Crippen molar-refractivity contribution in [1.29, 1.82) is 0 Å². The largest absolute Gasteiger partial charge is 0.398 e. The number of rotatable bonds is 3. The summed E-state index contributed by atoms with van der Waals surface area (Å²) in [7, 11) is -3.84. The molecule has 2 N–H and O–H groups in total. The molecule has 0 unspecified atom stereocenters. The topological polar surface area (TPSA) is 69.4 Å². The zero-order valence-corrected chi connectivity index (χ0v) is 11.1. The number of fused-ring (bicyclic) bond motifs is 1. The maximum Gasteiger partial charge on any atom is 0.299 e. The van der Waals surface area contributed by atoms with Gasteiger partial charge in [-0.3, -0.25) is 4.18 Å². The maximum atomic E-state index is 12.2. The molecular formula is C13H15NO3S. The van der Waals surface area contributed by atoms with E-state index >= 15 is 0 Å². The van der Waals surface area contributed by atoms with Gasteiger partial charge in [0.05, 0.1) is 11.8 Å². The molecule has 96 valence electrons. The van der Waals surface area contributed by atoms with Gasteiger partial charge >= 0.3 is 0 Å². The fourth-order valence-electron chi connectivity index (χ4n) is 1.84. The average molecular weight is 265 g/mol. The minimum Gasteiger partial charge on any atom is -0.398 e. The molecule has 0 saturated heterocycles. The fraction of sp³-hybridized carbons (Fsp3) is 0.231. The van der Waals surface area contributed by atoms with Crippen LogP contribution < -0.4 is 5.73 Å². The van der Waals surface area contributed by atoms with Crippen LogP contribution in [-0.4, -0.2) is 14.5 Å². The summed E-state index contributed by atoms with van der Waals surface area (Å²) in [5.74, 6) is 0. The molecule has 0 radical (unpaired) electrons. The van der Waals surface area contributed by atoms with Crippen LogP contribution in [0.5, 0.6) is 0 Å². The van der Waals surface area contributed by atoms with E-state index in [1.165, 1.54) is 0 Å². The summed E-state index contributed by atoms with van der Waals surface area (Å²) >= 11 is 0. The second-order valence-corrected chi connectivity index (χ2v) is 5.81. The van der Waals surface area contributed by atoms with Crippen LogP contribution >= 0.6 is 0 Å². The highest BCUT2D eigenvalue weighted by Gasteiger charge is 2.22. The van der Waals surface area contributed by atoms with Gasteiger partial charge < -0.3 is 5.73 Å². The van der Waals surface area contributed by atoms with Crippen molar-refractivity contribution in [1.82, 2.24) is 0 Å². The lowest BCUT2D eigenvalue weighted by Crippen LogP contribution is -2.14. The predicted octanol–water partition coefficient (Wildman–Crippen LogP) is 2.54. The Labute approximate surface area is 106 Å². The van der Waals surface area contributed by atoms with Crippen LogP contribution in [0.2, 0.25) is 0 Å². The second kappa shape index (κ2) is 4.59. The molecule has 0 spiro atoms. The SMILES string of the molecule is CC(C)OS(=O)(=O)c1c(N)ccc2ccccc12. The lowest BCUT2D eigenvalue weighted by atomic mass is 10.1. The first-order valence-electron chi connectivity index (χ1n) is 5.62. The number of nitrogens with two attached hydrogens (primary N) is 1. The Morgan fingerprint density at radius 1 is 1.11 bits per heavy atom. The molecule has 0 aliphatic heterocycles. The van der Waals surface area contributed by atoms with Crippen molar-refractivity contribution in [3.05, 3.63) is 36.4 Å². The molecule has 4 nitrogen and oxygen atoms in total. The highest BCUT2D eigenvalue weighted by molar-refractivity contribution is 7.87. The Hall–Kier alpha value is -1.59. The van der Waals surface area contributed by atoms with Crippen LogP contribution in [0.1, 0.15) is 13.8 Å². The van der Waals surface area contributed by atoms with Gasteiger partial charge in [0, 0.05) is 5.39 Å². The van der Waals surface area contributed by atoms with E-state index in [0.717, 1.165) is 5.39 Å². The van der Waals surface area contributed by atoms with E-state index in [1.54, 1.807) is 38.1 Å².